The van der Waals surface area contributed by atoms with Crippen molar-refractivity contribution in [1.29, 1.82) is 0 Å². The number of carbonyl (C=O) groups is 1. The summed E-state index contributed by atoms with van der Waals surface area (Å²) in [5.41, 5.74) is 3.25. The van der Waals surface area contributed by atoms with Crippen LogP contribution in [0.1, 0.15) is 35.4 Å². The average molecular weight is 709 g/mol. The fourth-order valence-corrected chi connectivity index (χ4v) is 6.77. The van der Waals surface area contributed by atoms with Gasteiger partial charge >= 0.3 is 12.3 Å². The molecule has 4 aromatic rings. The Hall–Kier alpha value is -3.91. The fourth-order valence-electron chi connectivity index (χ4n) is 6.77. The number of halogens is 5. The van der Waals surface area contributed by atoms with E-state index in [1.165, 1.54) is 24.3 Å². The maximum Gasteiger partial charge on any atom is 0.453 e. The molecule has 2 aliphatic rings. The summed E-state index contributed by atoms with van der Waals surface area (Å²) >= 11 is 0. The number of nitrogens with zero attached hydrogens (tertiary/aromatic N) is 7. The molecule has 0 aliphatic carbocycles. The molecule has 15 heteroatoms. The Kier molecular flexibility index (Phi) is 12.3. The molecule has 0 spiro atoms. The number of methoxy groups -OCH3 is 1. The van der Waals surface area contributed by atoms with E-state index in [9.17, 15) is 18.0 Å². The molecule has 0 radical (unpaired) electrons. The van der Waals surface area contributed by atoms with Crippen molar-refractivity contribution < 1.29 is 27.4 Å². The second-order valence-electron chi connectivity index (χ2n) is 11.5. The maximum atomic E-state index is 13.6. The van der Waals surface area contributed by atoms with Gasteiger partial charge < -0.3 is 14.4 Å². The largest absolute Gasteiger partial charge is 0.496 e. The summed E-state index contributed by atoms with van der Waals surface area (Å²) in [6, 6.07) is 25.6. The van der Waals surface area contributed by atoms with Crippen LogP contribution in [-0.4, -0.2) is 99.5 Å². The first-order valence-corrected chi connectivity index (χ1v) is 15.3. The van der Waals surface area contributed by atoms with Gasteiger partial charge in [0.25, 0.3) is 5.82 Å². The number of ether oxygens (including phenoxy) is 2. The second-order valence-corrected chi connectivity index (χ2v) is 11.5. The summed E-state index contributed by atoms with van der Waals surface area (Å²) in [5, 5.41) is 10.1. The Morgan fingerprint density at radius 2 is 1.60 bits per heavy atom. The molecule has 0 bridgehead atoms. The van der Waals surface area contributed by atoms with Crippen LogP contribution in [0.2, 0.25) is 0 Å². The van der Waals surface area contributed by atoms with Crippen LogP contribution in [0.5, 0.6) is 5.75 Å². The molecule has 1 aromatic heterocycles. The highest BCUT2D eigenvalue weighted by Gasteiger charge is 2.43. The Morgan fingerprint density at radius 3 is 2.21 bits per heavy atom. The lowest BCUT2D eigenvalue weighted by Gasteiger charge is -2.53. The molecule has 0 saturated carbocycles. The minimum Gasteiger partial charge on any atom is -0.496 e. The number of rotatable bonds is 8. The van der Waals surface area contributed by atoms with Crippen molar-refractivity contribution in [2.45, 2.75) is 37.6 Å². The number of aromatic nitrogens is 4. The van der Waals surface area contributed by atoms with Gasteiger partial charge in [0.1, 0.15) is 5.75 Å². The molecule has 0 N–H and O–H groups in total. The number of hydrogen-bond donors (Lipinski definition) is 0. The van der Waals surface area contributed by atoms with E-state index in [4.69, 9.17) is 9.47 Å². The summed E-state index contributed by atoms with van der Waals surface area (Å²) < 4.78 is 52.6. The second kappa shape index (κ2) is 16.0. The van der Waals surface area contributed by atoms with Crippen molar-refractivity contribution >= 4 is 30.9 Å². The first kappa shape index (κ1) is 36.9. The predicted molar refractivity (Wildman–Crippen MR) is 178 cm³/mol. The summed E-state index contributed by atoms with van der Waals surface area (Å²) in [7, 11) is 1.54. The van der Waals surface area contributed by atoms with Crippen LogP contribution < -0.4 is 4.74 Å². The molecule has 0 unspecified atom stereocenters. The van der Waals surface area contributed by atoms with E-state index in [2.05, 4.69) is 49.6 Å². The monoisotopic (exact) mass is 707 g/mol. The topological polar surface area (TPSA) is 88.9 Å². The van der Waals surface area contributed by atoms with Gasteiger partial charge in [0.2, 0.25) is 0 Å². The molecule has 6 rings (SSSR count). The van der Waals surface area contributed by atoms with Gasteiger partial charge in [0.05, 0.1) is 19.4 Å². The summed E-state index contributed by atoms with van der Waals surface area (Å²) in [6.45, 7) is 5.56. The number of alkyl halides is 3. The van der Waals surface area contributed by atoms with Crippen LogP contribution in [0.25, 0.3) is 5.69 Å². The highest BCUT2D eigenvalue weighted by molar-refractivity contribution is 5.85. The van der Waals surface area contributed by atoms with Gasteiger partial charge in [-0.15, -0.1) is 29.9 Å². The standard InChI is InChI=1S/C33H36F3N7O3.2ClH/c1-3-46-32(44)41-16-17-42-27(21-41)20-40(22-28(42)30(23-10-6-4-7-11-23)24-12-8-5-9-13-24)19-25-18-26(14-15-29(25)45-2)43-31(33(34,35)36)37-38-39-43;;/h4-15,18,27-28,30H,3,16-17,19-22H2,1-2H3;2*1H/t27-,28+;;/m1../s1. The van der Waals surface area contributed by atoms with Crippen LogP contribution in [0, 0.1) is 0 Å². The molecule has 258 valence electrons. The van der Waals surface area contributed by atoms with Crippen molar-refractivity contribution in [3.8, 4) is 11.4 Å². The lowest BCUT2D eigenvalue weighted by molar-refractivity contribution is -0.146. The zero-order valence-electron chi connectivity index (χ0n) is 26.5. The Labute approximate surface area is 289 Å². The Morgan fingerprint density at radius 1 is 0.938 bits per heavy atom. The number of tetrazole rings is 1. The number of fused-ring (bicyclic) bond motifs is 1. The molecule has 2 saturated heterocycles. The van der Waals surface area contributed by atoms with E-state index in [0.717, 1.165) is 0 Å². The predicted octanol–water partition coefficient (Wildman–Crippen LogP) is 5.69. The number of piperazine rings is 2. The summed E-state index contributed by atoms with van der Waals surface area (Å²) in [5.74, 6) is -0.624. The Bertz CT molecular complexity index is 1590. The van der Waals surface area contributed by atoms with Crippen molar-refractivity contribution in [1.82, 2.24) is 34.9 Å². The molecule has 10 nitrogen and oxygen atoms in total. The number of benzene rings is 3. The lowest BCUT2D eigenvalue weighted by atomic mass is 9.81. The quantitative estimate of drug-likeness (QED) is 0.231. The number of carbonyl (C=O) groups excluding carboxylic acids is 1. The first-order chi connectivity index (χ1) is 22.3. The average Bonchev–Trinajstić information content (AvgIpc) is 3.57. The van der Waals surface area contributed by atoms with Crippen LogP contribution in [0.4, 0.5) is 18.0 Å². The minimum absolute atomic E-state index is 0. The third kappa shape index (κ3) is 7.86. The third-order valence-electron chi connectivity index (χ3n) is 8.72. The maximum absolute atomic E-state index is 13.6. The van der Waals surface area contributed by atoms with Crippen LogP contribution >= 0.6 is 24.8 Å². The molecule has 3 aromatic carbocycles. The highest BCUT2D eigenvalue weighted by Crippen LogP contribution is 2.37. The normalized spacial score (nSPS) is 18.4. The molecule has 3 heterocycles. The van der Waals surface area contributed by atoms with E-state index in [1.807, 2.05) is 36.4 Å². The van der Waals surface area contributed by atoms with Crippen molar-refractivity contribution in [2.24, 2.45) is 0 Å². The number of hydrogen-bond acceptors (Lipinski definition) is 8. The SMILES string of the molecule is CCOC(=O)N1CCN2[C@H](CN(Cc3cc(-n4nnnc4C(F)(F)F)ccc3OC)C[C@H]2C(c2ccccc2)c2ccccc2)C1.Cl.Cl. The molecule has 2 fully saturated rings. The van der Waals surface area contributed by atoms with E-state index < -0.39 is 12.0 Å². The summed E-state index contributed by atoms with van der Waals surface area (Å²) in [4.78, 5) is 19.4. The molecular weight excluding hydrogens is 670 g/mol. The highest BCUT2D eigenvalue weighted by atomic mass is 35.5. The minimum atomic E-state index is -4.72. The number of amides is 1. The van der Waals surface area contributed by atoms with E-state index in [0.29, 0.717) is 61.9 Å². The zero-order chi connectivity index (χ0) is 32.3. The van der Waals surface area contributed by atoms with Gasteiger partial charge in [-0.05, 0) is 46.7 Å². The molecule has 2 atom stereocenters. The van der Waals surface area contributed by atoms with Gasteiger partial charge in [-0.3, -0.25) is 9.80 Å². The van der Waals surface area contributed by atoms with Gasteiger partial charge in [-0.1, -0.05) is 60.7 Å². The Balaban J connectivity index is 0.00000260. The van der Waals surface area contributed by atoms with E-state index >= 15 is 0 Å². The smallest absolute Gasteiger partial charge is 0.453 e. The van der Waals surface area contributed by atoms with Crippen molar-refractivity contribution in [3.63, 3.8) is 0 Å². The zero-order valence-corrected chi connectivity index (χ0v) is 28.1. The van der Waals surface area contributed by atoms with E-state index in [-0.39, 0.29) is 54.6 Å². The van der Waals surface area contributed by atoms with Crippen LogP contribution in [0.15, 0.2) is 78.9 Å². The molecule has 1 amide bonds. The van der Waals surface area contributed by atoms with Crippen LogP contribution in [0.3, 0.4) is 0 Å². The van der Waals surface area contributed by atoms with E-state index in [1.54, 1.807) is 24.0 Å². The van der Waals surface area contributed by atoms with Crippen molar-refractivity contribution in [2.75, 3.05) is 46.4 Å². The van der Waals surface area contributed by atoms with Gasteiger partial charge in [-0.2, -0.15) is 17.9 Å². The molecule has 2 aliphatic heterocycles. The van der Waals surface area contributed by atoms with Crippen molar-refractivity contribution in [3.05, 3.63) is 101 Å². The molecule has 48 heavy (non-hydrogen) atoms. The van der Waals surface area contributed by atoms with Gasteiger partial charge in [0.15, 0.2) is 0 Å². The third-order valence-corrected chi connectivity index (χ3v) is 8.72. The van der Waals surface area contributed by atoms with Crippen LogP contribution in [-0.2, 0) is 17.5 Å². The lowest BCUT2D eigenvalue weighted by Crippen LogP contribution is -2.67. The summed E-state index contributed by atoms with van der Waals surface area (Å²) in [6.07, 6.45) is -5.04. The van der Waals surface area contributed by atoms with Gasteiger partial charge in [-0.25, -0.2) is 4.79 Å². The van der Waals surface area contributed by atoms with Gasteiger partial charge in [0, 0.05) is 62.8 Å². The fraction of sp³-hybridized carbons (Fsp3) is 0.394. The first-order valence-electron chi connectivity index (χ1n) is 15.3. The molecular formula is C33H38Cl2F3N7O3.